The zero-order valence-corrected chi connectivity index (χ0v) is 19.0. The molecule has 2 aromatic heterocycles. The van der Waals surface area contributed by atoms with Gasteiger partial charge in [-0.05, 0) is 26.0 Å². The number of nitrogens with zero attached hydrogens (tertiary/aromatic N) is 3. The Labute approximate surface area is 190 Å². The SMILES string of the molecule is COc1cc(OC)c(NC(=O)c2cc(-c3ccccc3)nc3c2cnn3C(C)C)cc1Cl. The van der Waals surface area contributed by atoms with Crippen LogP contribution in [0.2, 0.25) is 5.02 Å². The third-order valence-electron chi connectivity index (χ3n) is 5.09. The van der Waals surface area contributed by atoms with Crippen LogP contribution in [0.1, 0.15) is 30.2 Å². The number of hydrogen-bond acceptors (Lipinski definition) is 5. The summed E-state index contributed by atoms with van der Waals surface area (Å²) in [6.07, 6.45) is 1.67. The molecule has 0 aliphatic carbocycles. The van der Waals surface area contributed by atoms with Crippen molar-refractivity contribution in [1.82, 2.24) is 14.8 Å². The maximum atomic E-state index is 13.4. The van der Waals surface area contributed by atoms with E-state index >= 15 is 0 Å². The average Bonchev–Trinajstić information content (AvgIpc) is 3.23. The zero-order valence-electron chi connectivity index (χ0n) is 18.2. The van der Waals surface area contributed by atoms with Crippen LogP contribution >= 0.6 is 11.6 Å². The number of ether oxygens (including phenoxy) is 2. The second kappa shape index (κ2) is 8.88. The van der Waals surface area contributed by atoms with Crippen LogP contribution in [0, 0.1) is 0 Å². The number of nitrogens with one attached hydrogen (secondary N) is 1. The maximum Gasteiger partial charge on any atom is 0.256 e. The molecule has 8 heteroatoms. The summed E-state index contributed by atoms with van der Waals surface area (Å²) in [5.41, 5.74) is 3.13. The first-order valence-electron chi connectivity index (χ1n) is 10.1. The van der Waals surface area contributed by atoms with E-state index in [1.54, 1.807) is 24.4 Å². The minimum absolute atomic E-state index is 0.0856. The van der Waals surface area contributed by atoms with E-state index in [0.29, 0.717) is 44.5 Å². The van der Waals surface area contributed by atoms with E-state index in [1.165, 1.54) is 14.2 Å². The Morgan fingerprint density at radius 2 is 1.78 bits per heavy atom. The van der Waals surface area contributed by atoms with Gasteiger partial charge in [0.15, 0.2) is 5.65 Å². The molecule has 7 nitrogen and oxygen atoms in total. The average molecular weight is 451 g/mol. The maximum absolute atomic E-state index is 13.4. The molecule has 164 valence electrons. The Morgan fingerprint density at radius 1 is 1.06 bits per heavy atom. The first kappa shape index (κ1) is 21.6. The van der Waals surface area contributed by atoms with Crippen molar-refractivity contribution in [2.24, 2.45) is 0 Å². The highest BCUT2D eigenvalue weighted by Crippen LogP contribution is 2.36. The molecule has 32 heavy (non-hydrogen) atoms. The highest BCUT2D eigenvalue weighted by molar-refractivity contribution is 6.32. The van der Waals surface area contributed by atoms with Crippen LogP contribution in [0.25, 0.3) is 22.3 Å². The second-order valence-corrected chi connectivity index (χ2v) is 7.89. The van der Waals surface area contributed by atoms with Crippen molar-refractivity contribution in [3.63, 3.8) is 0 Å². The van der Waals surface area contributed by atoms with Crippen molar-refractivity contribution in [3.8, 4) is 22.8 Å². The van der Waals surface area contributed by atoms with Crippen LogP contribution in [0.5, 0.6) is 11.5 Å². The molecule has 0 atom stereocenters. The predicted molar refractivity (Wildman–Crippen MR) is 126 cm³/mol. The molecular weight excluding hydrogens is 428 g/mol. The molecule has 0 saturated heterocycles. The fourth-order valence-corrected chi connectivity index (χ4v) is 3.73. The molecule has 0 aliphatic heterocycles. The third-order valence-corrected chi connectivity index (χ3v) is 5.39. The van der Waals surface area contributed by atoms with Crippen LogP contribution in [-0.2, 0) is 0 Å². The van der Waals surface area contributed by atoms with Gasteiger partial charge in [-0.25, -0.2) is 9.67 Å². The number of carbonyl (C=O) groups is 1. The van der Waals surface area contributed by atoms with Gasteiger partial charge < -0.3 is 14.8 Å². The van der Waals surface area contributed by atoms with E-state index in [-0.39, 0.29) is 11.9 Å². The lowest BCUT2D eigenvalue weighted by Crippen LogP contribution is -2.14. The van der Waals surface area contributed by atoms with Gasteiger partial charge in [0.05, 0.1) is 47.8 Å². The van der Waals surface area contributed by atoms with Crippen molar-refractivity contribution in [3.05, 3.63) is 65.3 Å². The van der Waals surface area contributed by atoms with E-state index < -0.39 is 0 Å². The molecule has 0 bridgehead atoms. The fourth-order valence-electron chi connectivity index (χ4n) is 3.49. The van der Waals surface area contributed by atoms with E-state index in [2.05, 4.69) is 10.4 Å². The van der Waals surface area contributed by atoms with Gasteiger partial charge in [0.2, 0.25) is 0 Å². The van der Waals surface area contributed by atoms with E-state index in [1.807, 2.05) is 48.9 Å². The summed E-state index contributed by atoms with van der Waals surface area (Å²) in [5.74, 6) is 0.570. The van der Waals surface area contributed by atoms with Gasteiger partial charge in [-0.1, -0.05) is 41.9 Å². The van der Waals surface area contributed by atoms with Crippen LogP contribution in [-0.4, -0.2) is 34.9 Å². The van der Waals surface area contributed by atoms with Crippen molar-refractivity contribution in [2.45, 2.75) is 19.9 Å². The molecule has 0 aliphatic rings. The molecule has 0 radical (unpaired) electrons. The summed E-state index contributed by atoms with van der Waals surface area (Å²) in [6, 6.07) is 14.8. The Bertz CT molecular complexity index is 1290. The van der Waals surface area contributed by atoms with E-state index in [0.717, 1.165) is 5.56 Å². The lowest BCUT2D eigenvalue weighted by atomic mass is 10.1. The topological polar surface area (TPSA) is 78.3 Å². The summed E-state index contributed by atoms with van der Waals surface area (Å²) < 4.78 is 12.5. The van der Waals surface area contributed by atoms with Crippen LogP contribution < -0.4 is 14.8 Å². The number of rotatable bonds is 6. The molecule has 1 N–H and O–H groups in total. The van der Waals surface area contributed by atoms with Gasteiger partial charge in [-0.2, -0.15) is 5.10 Å². The quantitative estimate of drug-likeness (QED) is 0.413. The number of hydrogen-bond donors (Lipinski definition) is 1. The molecule has 4 rings (SSSR count). The first-order valence-corrected chi connectivity index (χ1v) is 10.5. The Hall–Kier alpha value is -3.58. The fraction of sp³-hybridized carbons (Fsp3) is 0.208. The Balaban J connectivity index is 1.83. The number of methoxy groups -OCH3 is 2. The van der Waals surface area contributed by atoms with Crippen molar-refractivity contribution >= 4 is 34.2 Å². The molecule has 2 heterocycles. The minimum atomic E-state index is -0.322. The van der Waals surface area contributed by atoms with Crippen LogP contribution in [0.4, 0.5) is 5.69 Å². The lowest BCUT2D eigenvalue weighted by Gasteiger charge is -2.14. The second-order valence-electron chi connectivity index (χ2n) is 7.48. The van der Waals surface area contributed by atoms with Crippen LogP contribution in [0.15, 0.2) is 54.7 Å². The molecule has 0 spiro atoms. The number of fused-ring (bicyclic) bond motifs is 1. The van der Waals surface area contributed by atoms with Gasteiger partial charge >= 0.3 is 0 Å². The van der Waals surface area contributed by atoms with Gasteiger partial charge in [0, 0.05) is 17.7 Å². The van der Waals surface area contributed by atoms with Gasteiger partial charge in [0.25, 0.3) is 5.91 Å². The summed E-state index contributed by atoms with van der Waals surface area (Å²) in [6.45, 7) is 4.04. The normalized spacial score (nSPS) is 11.1. The van der Waals surface area contributed by atoms with Gasteiger partial charge in [0.1, 0.15) is 11.5 Å². The number of carbonyl (C=O) groups excluding carboxylic acids is 1. The molecule has 0 saturated carbocycles. The predicted octanol–water partition coefficient (Wildman–Crippen LogP) is 5.60. The van der Waals surface area contributed by atoms with Gasteiger partial charge in [-0.3, -0.25) is 4.79 Å². The summed E-state index contributed by atoms with van der Waals surface area (Å²) in [5, 5.41) is 8.40. The largest absolute Gasteiger partial charge is 0.495 e. The molecule has 1 amide bonds. The van der Waals surface area contributed by atoms with Gasteiger partial charge in [-0.15, -0.1) is 0 Å². The number of pyridine rings is 1. The highest BCUT2D eigenvalue weighted by Gasteiger charge is 2.20. The van der Waals surface area contributed by atoms with Crippen molar-refractivity contribution in [2.75, 3.05) is 19.5 Å². The zero-order chi connectivity index (χ0) is 22.8. The third kappa shape index (κ3) is 3.99. The standard InChI is InChI=1S/C24H23ClN4O3/c1-14(2)29-23-17(13-26-29)16(10-19(27-23)15-8-6-5-7-9-15)24(30)28-20-11-18(25)21(31-3)12-22(20)32-4/h5-14H,1-4H3,(H,28,30). The smallest absolute Gasteiger partial charge is 0.256 e. The van der Waals surface area contributed by atoms with E-state index in [4.69, 9.17) is 26.1 Å². The number of anilines is 1. The Kier molecular flexibility index (Phi) is 6.01. The minimum Gasteiger partial charge on any atom is -0.495 e. The molecule has 0 unspecified atom stereocenters. The molecule has 0 fully saturated rings. The summed E-state index contributed by atoms with van der Waals surface area (Å²) >= 11 is 6.27. The van der Waals surface area contributed by atoms with Crippen LogP contribution in [0.3, 0.4) is 0 Å². The first-order chi connectivity index (χ1) is 15.4. The molecular formula is C24H23ClN4O3. The van der Waals surface area contributed by atoms with Crippen molar-refractivity contribution in [1.29, 1.82) is 0 Å². The molecule has 2 aromatic carbocycles. The lowest BCUT2D eigenvalue weighted by molar-refractivity contribution is 0.102. The van der Waals surface area contributed by atoms with E-state index in [9.17, 15) is 4.79 Å². The Morgan fingerprint density at radius 3 is 2.44 bits per heavy atom. The number of aromatic nitrogens is 3. The number of benzene rings is 2. The summed E-state index contributed by atoms with van der Waals surface area (Å²) in [4.78, 5) is 18.2. The highest BCUT2D eigenvalue weighted by atomic mass is 35.5. The summed E-state index contributed by atoms with van der Waals surface area (Å²) in [7, 11) is 3.03. The monoisotopic (exact) mass is 450 g/mol. The van der Waals surface area contributed by atoms with Crippen molar-refractivity contribution < 1.29 is 14.3 Å². The number of amides is 1. The molecule has 4 aromatic rings. The number of halogens is 1.